The van der Waals surface area contributed by atoms with Gasteiger partial charge in [0.05, 0.1) is 11.5 Å². The highest BCUT2D eigenvalue weighted by Crippen LogP contribution is 2.26. The lowest BCUT2D eigenvalue weighted by Crippen LogP contribution is -2.27. The maximum absolute atomic E-state index is 11.7. The van der Waals surface area contributed by atoms with Crippen LogP contribution in [0.2, 0.25) is 10.0 Å². The zero-order chi connectivity index (χ0) is 12.3. The molecule has 0 heterocycles. The number of rotatable bonds is 4. The van der Waals surface area contributed by atoms with E-state index < -0.39 is 15.9 Å². The molecule has 0 amide bonds. The van der Waals surface area contributed by atoms with Gasteiger partial charge in [-0.1, -0.05) is 29.3 Å². The molecular formula is C10H13Cl2NO2S. The van der Waals surface area contributed by atoms with Crippen molar-refractivity contribution in [2.45, 2.75) is 18.7 Å². The molecule has 0 spiro atoms. The number of benzene rings is 1. The molecule has 2 N–H and O–H groups in total. The van der Waals surface area contributed by atoms with Gasteiger partial charge in [0.1, 0.15) is 0 Å². The summed E-state index contributed by atoms with van der Waals surface area (Å²) in [5.41, 5.74) is 5.90. The summed E-state index contributed by atoms with van der Waals surface area (Å²) < 4.78 is 23.4. The molecule has 0 saturated heterocycles. The third-order valence-corrected chi connectivity index (χ3v) is 4.41. The smallest absolute Gasteiger partial charge is 0.156 e. The van der Waals surface area contributed by atoms with Gasteiger partial charge in [-0.25, -0.2) is 8.42 Å². The van der Waals surface area contributed by atoms with E-state index in [0.29, 0.717) is 15.6 Å². The average Bonchev–Trinajstić information content (AvgIpc) is 2.09. The fourth-order valence-electron chi connectivity index (χ4n) is 1.35. The molecule has 0 aromatic heterocycles. The molecule has 1 rings (SSSR count). The van der Waals surface area contributed by atoms with Gasteiger partial charge in [0.2, 0.25) is 0 Å². The van der Waals surface area contributed by atoms with Crippen molar-refractivity contribution in [2.75, 3.05) is 5.75 Å². The van der Waals surface area contributed by atoms with Crippen LogP contribution in [0.5, 0.6) is 0 Å². The first-order valence-electron chi connectivity index (χ1n) is 4.71. The largest absolute Gasteiger partial charge is 0.327 e. The molecular weight excluding hydrogens is 269 g/mol. The monoisotopic (exact) mass is 281 g/mol. The molecule has 90 valence electrons. The highest BCUT2D eigenvalue weighted by atomic mass is 35.5. The summed E-state index contributed by atoms with van der Waals surface area (Å²) >= 11 is 11.8. The molecule has 6 heteroatoms. The Balaban J connectivity index is 2.97. The van der Waals surface area contributed by atoms with E-state index in [1.165, 1.54) is 0 Å². The molecule has 0 radical (unpaired) electrons. The van der Waals surface area contributed by atoms with Gasteiger partial charge in [0.25, 0.3) is 0 Å². The molecule has 1 aromatic carbocycles. The van der Waals surface area contributed by atoms with Crippen molar-refractivity contribution in [3.05, 3.63) is 33.8 Å². The maximum Gasteiger partial charge on any atom is 0.156 e. The first kappa shape index (κ1) is 13.8. The summed E-state index contributed by atoms with van der Waals surface area (Å²) in [5, 5.41) is 0.724. The summed E-state index contributed by atoms with van der Waals surface area (Å²) in [5.74, 6) is -0.248. The lowest BCUT2D eigenvalue weighted by molar-refractivity contribution is 0.589. The zero-order valence-corrected chi connectivity index (χ0v) is 11.1. The Morgan fingerprint density at radius 3 is 2.25 bits per heavy atom. The van der Waals surface area contributed by atoms with E-state index in [1.807, 2.05) is 0 Å². The molecule has 0 bridgehead atoms. The third-order valence-electron chi connectivity index (χ3n) is 1.94. The molecule has 0 aliphatic carbocycles. The predicted molar refractivity (Wildman–Crippen MR) is 67.6 cm³/mol. The van der Waals surface area contributed by atoms with Gasteiger partial charge in [-0.2, -0.15) is 0 Å². The first-order valence-corrected chi connectivity index (χ1v) is 7.28. The van der Waals surface area contributed by atoms with Crippen molar-refractivity contribution in [3.63, 3.8) is 0 Å². The average molecular weight is 282 g/mol. The van der Waals surface area contributed by atoms with Crippen LogP contribution in [-0.4, -0.2) is 20.2 Å². The Labute approximate surface area is 105 Å². The van der Waals surface area contributed by atoms with Crippen LogP contribution in [0.25, 0.3) is 0 Å². The van der Waals surface area contributed by atoms with Gasteiger partial charge in [0, 0.05) is 21.7 Å². The van der Waals surface area contributed by atoms with Crippen LogP contribution in [0.4, 0.5) is 0 Å². The van der Waals surface area contributed by atoms with Gasteiger partial charge in [0.15, 0.2) is 9.84 Å². The van der Waals surface area contributed by atoms with E-state index in [0.717, 1.165) is 0 Å². The van der Waals surface area contributed by atoms with Crippen molar-refractivity contribution < 1.29 is 8.42 Å². The van der Waals surface area contributed by atoms with E-state index in [2.05, 4.69) is 0 Å². The summed E-state index contributed by atoms with van der Waals surface area (Å²) in [6.45, 7) is 1.64. The molecule has 0 aliphatic heterocycles. The number of hydrogen-bond acceptors (Lipinski definition) is 3. The van der Waals surface area contributed by atoms with Crippen LogP contribution < -0.4 is 5.73 Å². The van der Waals surface area contributed by atoms with E-state index in [-0.39, 0.29) is 11.5 Å². The minimum atomic E-state index is -3.27. The summed E-state index contributed by atoms with van der Waals surface area (Å²) in [4.78, 5) is 0. The number of hydrogen-bond donors (Lipinski definition) is 1. The highest BCUT2D eigenvalue weighted by Gasteiger charge is 2.18. The molecule has 0 fully saturated rings. The van der Waals surface area contributed by atoms with Gasteiger partial charge < -0.3 is 5.73 Å². The van der Waals surface area contributed by atoms with E-state index in [9.17, 15) is 8.42 Å². The van der Waals surface area contributed by atoms with Crippen LogP contribution in [0.15, 0.2) is 18.2 Å². The van der Waals surface area contributed by atoms with Crippen LogP contribution in [0.3, 0.4) is 0 Å². The predicted octanol–water partition coefficient (Wildman–Crippen LogP) is 2.26. The van der Waals surface area contributed by atoms with Crippen molar-refractivity contribution in [2.24, 2.45) is 5.73 Å². The van der Waals surface area contributed by atoms with Crippen molar-refractivity contribution >= 4 is 33.0 Å². The minimum Gasteiger partial charge on any atom is -0.327 e. The molecule has 0 aliphatic rings. The van der Waals surface area contributed by atoms with Gasteiger partial charge in [-0.3, -0.25) is 0 Å². The standard InChI is InChI=1S/C10H13Cl2NO2S/c1-7(13)5-16(14,15)6-8-9(11)3-2-4-10(8)12/h2-4,7H,5-6,13H2,1H3. The fourth-order valence-corrected chi connectivity index (χ4v) is 3.71. The molecule has 0 saturated carbocycles. The third kappa shape index (κ3) is 3.94. The van der Waals surface area contributed by atoms with Gasteiger partial charge in [-0.05, 0) is 19.1 Å². The second-order valence-corrected chi connectivity index (χ2v) is 6.66. The SMILES string of the molecule is CC(N)CS(=O)(=O)Cc1c(Cl)cccc1Cl. The topological polar surface area (TPSA) is 60.2 Å². The lowest BCUT2D eigenvalue weighted by atomic mass is 10.2. The molecule has 1 aromatic rings. The summed E-state index contributed by atoms with van der Waals surface area (Å²) in [7, 11) is -3.27. The first-order chi connectivity index (χ1) is 7.32. The molecule has 1 atom stereocenters. The number of sulfone groups is 1. The number of nitrogens with two attached hydrogens (primary N) is 1. The fraction of sp³-hybridized carbons (Fsp3) is 0.400. The van der Waals surface area contributed by atoms with Crippen LogP contribution >= 0.6 is 23.2 Å². The van der Waals surface area contributed by atoms with E-state index >= 15 is 0 Å². The maximum atomic E-state index is 11.7. The van der Waals surface area contributed by atoms with E-state index in [1.54, 1.807) is 25.1 Å². The second-order valence-electron chi connectivity index (χ2n) is 3.73. The zero-order valence-electron chi connectivity index (χ0n) is 8.78. The number of halogens is 2. The Kier molecular flexibility index (Phi) is 4.62. The van der Waals surface area contributed by atoms with E-state index in [4.69, 9.17) is 28.9 Å². The van der Waals surface area contributed by atoms with Crippen molar-refractivity contribution in [1.82, 2.24) is 0 Å². The second kappa shape index (κ2) is 5.36. The quantitative estimate of drug-likeness (QED) is 0.921. The Bertz CT molecular complexity index is 451. The van der Waals surface area contributed by atoms with Crippen LogP contribution in [-0.2, 0) is 15.6 Å². The molecule has 1 unspecified atom stereocenters. The Morgan fingerprint density at radius 1 is 1.31 bits per heavy atom. The lowest BCUT2D eigenvalue weighted by Gasteiger charge is -2.09. The highest BCUT2D eigenvalue weighted by molar-refractivity contribution is 7.90. The summed E-state index contributed by atoms with van der Waals surface area (Å²) in [6.07, 6.45) is 0. The van der Waals surface area contributed by atoms with Crippen LogP contribution in [0.1, 0.15) is 12.5 Å². The van der Waals surface area contributed by atoms with Crippen molar-refractivity contribution in [3.8, 4) is 0 Å². The van der Waals surface area contributed by atoms with Crippen LogP contribution in [0, 0.1) is 0 Å². The van der Waals surface area contributed by atoms with Gasteiger partial charge in [-0.15, -0.1) is 0 Å². The Hall–Kier alpha value is -0.290. The Morgan fingerprint density at radius 2 is 1.81 bits per heavy atom. The minimum absolute atomic E-state index is 0.0748. The van der Waals surface area contributed by atoms with Gasteiger partial charge >= 0.3 is 0 Å². The molecule has 3 nitrogen and oxygen atoms in total. The van der Waals surface area contributed by atoms with Crippen molar-refractivity contribution in [1.29, 1.82) is 0 Å². The molecule has 16 heavy (non-hydrogen) atoms. The normalized spacial score (nSPS) is 13.8. The summed E-state index contributed by atoms with van der Waals surface area (Å²) in [6, 6.07) is 4.51.